The molecular weight excluding hydrogens is 203 g/mol. The van der Waals surface area contributed by atoms with Crippen LogP contribution in [0.4, 0.5) is 4.39 Å². The maximum atomic E-state index is 13.0. The van der Waals surface area contributed by atoms with Gasteiger partial charge in [0.05, 0.1) is 0 Å². The van der Waals surface area contributed by atoms with Crippen LogP contribution in [0.1, 0.15) is 24.8 Å². The van der Waals surface area contributed by atoms with Crippen molar-refractivity contribution in [2.75, 3.05) is 0 Å². The molecule has 0 N–H and O–H groups in total. The zero-order chi connectivity index (χ0) is 11.1. The molecule has 0 aromatic heterocycles. The van der Waals surface area contributed by atoms with E-state index < -0.39 is 0 Å². The number of hydrogen-bond acceptors (Lipinski definition) is 1. The van der Waals surface area contributed by atoms with Crippen molar-refractivity contribution in [3.8, 4) is 0 Å². The second kappa shape index (κ2) is 3.69. The molecule has 2 unspecified atom stereocenters. The first kappa shape index (κ1) is 10.0. The smallest absolute Gasteiger partial charge is 0.140 e. The quantitative estimate of drug-likeness (QED) is 0.762. The Bertz CT molecular complexity index is 416. The molecule has 2 atom stereocenters. The number of fused-ring (bicyclic) bond motifs is 1. The van der Waals surface area contributed by atoms with Crippen LogP contribution >= 0.6 is 0 Å². The molecule has 0 aliphatic heterocycles. The molecule has 0 amide bonds. The molecule has 1 aromatic carbocycles. The largest absolute Gasteiger partial charge is 0.299 e. The minimum atomic E-state index is -0.250. The second-order valence-electron chi connectivity index (χ2n) is 5.20. The molecule has 1 aromatic rings. The predicted molar refractivity (Wildman–Crippen MR) is 59.4 cm³/mol. The van der Waals surface area contributed by atoms with Gasteiger partial charge < -0.3 is 0 Å². The lowest BCUT2D eigenvalue weighted by Crippen LogP contribution is -2.15. The van der Waals surface area contributed by atoms with Crippen LogP contribution in [0.5, 0.6) is 0 Å². The van der Waals surface area contributed by atoms with Gasteiger partial charge in [-0.1, -0.05) is 12.1 Å². The van der Waals surface area contributed by atoms with Gasteiger partial charge in [-0.2, -0.15) is 0 Å². The topological polar surface area (TPSA) is 17.1 Å². The summed E-state index contributed by atoms with van der Waals surface area (Å²) < 4.78 is 13.0. The Morgan fingerprint density at radius 3 is 2.69 bits per heavy atom. The van der Waals surface area contributed by atoms with Crippen molar-refractivity contribution in [3.05, 3.63) is 35.6 Å². The number of hydrogen-bond donors (Lipinski definition) is 0. The zero-order valence-corrected chi connectivity index (χ0v) is 9.16. The monoisotopic (exact) mass is 218 g/mol. The third kappa shape index (κ3) is 1.89. The summed E-state index contributed by atoms with van der Waals surface area (Å²) in [5.74, 6) is 1.98. The Kier molecular flexibility index (Phi) is 2.31. The number of ketones is 1. The molecule has 16 heavy (non-hydrogen) atoms. The molecule has 2 heteroatoms. The molecule has 2 fully saturated rings. The van der Waals surface area contributed by atoms with Crippen LogP contribution in [0.3, 0.4) is 0 Å². The van der Waals surface area contributed by atoms with Crippen LogP contribution in [-0.4, -0.2) is 5.78 Å². The fraction of sp³-hybridized carbons (Fsp3) is 0.500. The number of carbonyl (C=O) groups excluding carboxylic acids is 1. The average molecular weight is 218 g/mol. The van der Waals surface area contributed by atoms with Crippen LogP contribution in [0.2, 0.25) is 0 Å². The third-order valence-electron chi connectivity index (χ3n) is 3.97. The Morgan fingerprint density at radius 1 is 1.25 bits per heavy atom. The van der Waals surface area contributed by atoms with Crippen molar-refractivity contribution in [2.24, 2.45) is 17.8 Å². The Morgan fingerprint density at radius 2 is 2.00 bits per heavy atom. The van der Waals surface area contributed by atoms with E-state index in [1.165, 1.54) is 18.6 Å². The van der Waals surface area contributed by atoms with Gasteiger partial charge in [-0.15, -0.1) is 0 Å². The molecule has 0 spiro atoms. The van der Waals surface area contributed by atoms with E-state index in [1.807, 2.05) is 6.07 Å². The van der Waals surface area contributed by atoms with E-state index in [0.717, 1.165) is 30.2 Å². The molecule has 2 aliphatic carbocycles. The number of benzene rings is 1. The van der Waals surface area contributed by atoms with Gasteiger partial charge >= 0.3 is 0 Å². The van der Waals surface area contributed by atoms with E-state index in [9.17, 15) is 9.18 Å². The van der Waals surface area contributed by atoms with Gasteiger partial charge in [-0.25, -0.2) is 4.39 Å². The first-order valence-corrected chi connectivity index (χ1v) is 5.99. The molecule has 1 nitrogen and oxygen atoms in total. The Balaban J connectivity index is 1.64. The van der Waals surface area contributed by atoms with Crippen LogP contribution in [0.15, 0.2) is 24.3 Å². The lowest BCUT2D eigenvalue weighted by atomic mass is 9.94. The van der Waals surface area contributed by atoms with E-state index in [-0.39, 0.29) is 11.7 Å². The van der Waals surface area contributed by atoms with E-state index in [0.29, 0.717) is 12.2 Å². The van der Waals surface area contributed by atoms with Gasteiger partial charge in [0.1, 0.15) is 11.6 Å². The summed E-state index contributed by atoms with van der Waals surface area (Å²) in [5, 5.41) is 0. The van der Waals surface area contributed by atoms with Crippen LogP contribution in [0.25, 0.3) is 0 Å². The summed E-state index contributed by atoms with van der Waals surface area (Å²) in [5.41, 5.74) is 0.811. The maximum Gasteiger partial charge on any atom is 0.140 e. The molecule has 0 saturated heterocycles. The summed E-state index contributed by atoms with van der Waals surface area (Å²) in [7, 11) is 0. The van der Waals surface area contributed by atoms with E-state index >= 15 is 0 Å². The summed E-state index contributed by atoms with van der Waals surface area (Å²) in [6.07, 6.45) is 3.91. The van der Waals surface area contributed by atoms with Gasteiger partial charge in [0.15, 0.2) is 0 Å². The highest BCUT2D eigenvalue weighted by Crippen LogP contribution is 2.54. The first-order chi connectivity index (χ1) is 7.72. The summed E-state index contributed by atoms with van der Waals surface area (Å²) >= 11 is 0. The zero-order valence-electron chi connectivity index (χ0n) is 9.16. The minimum absolute atomic E-state index is 0.250. The fourth-order valence-electron chi connectivity index (χ4n) is 2.97. The molecule has 2 aliphatic rings. The third-order valence-corrected chi connectivity index (χ3v) is 3.97. The van der Waals surface area contributed by atoms with Gasteiger partial charge in [-0.3, -0.25) is 4.79 Å². The normalized spacial score (nSPS) is 31.2. The van der Waals surface area contributed by atoms with Crippen molar-refractivity contribution in [3.63, 3.8) is 0 Å². The summed E-state index contributed by atoms with van der Waals surface area (Å²) in [6, 6.07) is 6.38. The second-order valence-corrected chi connectivity index (χ2v) is 5.20. The SMILES string of the molecule is O=C(Cc1cccc(F)c1)C1CC2CC2C1. The number of rotatable bonds is 3. The van der Waals surface area contributed by atoms with Crippen molar-refractivity contribution in [1.82, 2.24) is 0 Å². The predicted octanol–water partition coefficient (Wildman–Crippen LogP) is 2.98. The van der Waals surface area contributed by atoms with Crippen molar-refractivity contribution >= 4 is 5.78 Å². The molecule has 84 valence electrons. The van der Waals surface area contributed by atoms with Crippen molar-refractivity contribution in [2.45, 2.75) is 25.7 Å². The molecule has 0 radical (unpaired) electrons. The lowest BCUT2D eigenvalue weighted by Gasteiger charge is -2.10. The highest BCUT2D eigenvalue weighted by atomic mass is 19.1. The van der Waals surface area contributed by atoms with Gasteiger partial charge in [0, 0.05) is 12.3 Å². The van der Waals surface area contributed by atoms with Crippen LogP contribution < -0.4 is 0 Å². The lowest BCUT2D eigenvalue weighted by molar-refractivity contribution is -0.122. The first-order valence-electron chi connectivity index (χ1n) is 5.99. The summed E-state index contributed by atoms with van der Waals surface area (Å²) in [6.45, 7) is 0. The Labute approximate surface area is 94.7 Å². The highest BCUT2D eigenvalue weighted by Gasteiger charge is 2.47. The highest BCUT2D eigenvalue weighted by molar-refractivity contribution is 5.83. The molecular formula is C14H15FO. The standard InChI is InChI=1S/C14H15FO/c15-13-3-1-2-9(4-13)5-14(16)12-7-10-6-11(10)8-12/h1-4,10-12H,5-8H2. The summed E-state index contributed by atoms with van der Waals surface area (Å²) in [4.78, 5) is 12.0. The van der Waals surface area contributed by atoms with E-state index in [4.69, 9.17) is 0 Å². The average Bonchev–Trinajstić information content (AvgIpc) is 2.86. The van der Waals surface area contributed by atoms with E-state index in [2.05, 4.69) is 0 Å². The van der Waals surface area contributed by atoms with Crippen molar-refractivity contribution < 1.29 is 9.18 Å². The van der Waals surface area contributed by atoms with Gasteiger partial charge in [0.25, 0.3) is 0 Å². The molecule has 0 bridgehead atoms. The number of halogens is 1. The van der Waals surface area contributed by atoms with Crippen LogP contribution in [-0.2, 0) is 11.2 Å². The van der Waals surface area contributed by atoms with Gasteiger partial charge in [0.2, 0.25) is 0 Å². The Hall–Kier alpha value is -1.18. The molecule has 2 saturated carbocycles. The number of Topliss-reactive ketones (excluding diaryl/α,β-unsaturated/α-hetero) is 1. The fourth-order valence-corrected chi connectivity index (χ4v) is 2.97. The van der Waals surface area contributed by atoms with Crippen LogP contribution in [0, 0.1) is 23.6 Å². The van der Waals surface area contributed by atoms with Gasteiger partial charge in [-0.05, 0) is 48.8 Å². The minimum Gasteiger partial charge on any atom is -0.299 e. The maximum absolute atomic E-state index is 13.0. The molecule has 0 heterocycles. The number of carbonyl (C=O) groups is 1. The van der Waals surface area contributed by atoms with E-state index in [1.54, 1.807) is 6.07 Å². The molecule has 3 rings (SSSR count). The van der Waals surface area contributed by atoms with Crippen molar-refractivity contribution in [1.29, 1.82) is 0 Å².